The van der Waals surface area contributed by atoms with Gasteiger partial charge in [-0.1, -0.05) is 42.5 Å². The predicted molar refractivity (Wildman–Crippen MR) is 93.0 cm³/mol. The summed E-state index contributed by atoms with van der Waals surface area (Å²) in [6.45, 7) is 0.305. The quantitative estimate of drug-likeness (QED) is 0.685. The van der Waals surface area contributed by atoms with Gasteiger partial charge in [0.2, 0.25) is 5.76 Å². The Labute approximate surface area is 149 Å². The Morgan fingerprint density at radius 1 is 1.08 bits per heavy atom. The van der Waals surface area contributed by atoms with Crippen LogP contribution in [0.2, 0.25) is 0 Å². The lowest BCUT2D eigenvalue weighted by molar-refractivity contribution is 0.0602. The smallest absolute Gasteiger partial charge is 0.339 e. The van der Waals surface area contributed by atoms with E-state index in [4.69, 9.17) is 14.0 Å². The first-order chi connectivity index (χ1) is 12.7. The zero-order chi connectivity index (χ0) is 18.4. The minimum absolute atomic E-state index is 0.0345. The van der Waals surface area contributed by atoms with E-state index in [0.29, 0.717) is 12.3 Å². The second kappa shape index (κ2) is 7.98. The number of carbonyl (C=O) groups is 2. The van der Waals surface area contributed by atoms with Crippen LogP contribution in [-0.2, 0) is 11.3 Å². The van der Waals surface area contributed by atoms with E-state index < -0.39 is 11.9 Å². The van der Waals surface area contributed by atoms with Gasteiger partial charge >= 0.3 is 5.97 Å². The van der Waals surface area contributed by atoms with Gasteiger partial charge < -0.3 is 19.3 Å². The number of nitrogens with one attached hydrogen (secondary N) is 1. The number of benzene rings is 2. The molecule has 0 fully saturated rings. The Morgan fingerprint density at radius 3 is 2.58 bits per heavy atom. The molecule has 0 saturated carbocycles. The van der Waals surface area contributed by atoms with Gasteiger partial charge in [0.25, 0.3) is 11.8 Å². The van der Waals surface area contributed by atoms with Crippen molar-refractivity contribution in [3.63, 3.8) is 0 Å². The highest BCUT2D eigenvalue weighted by Gasteiger charge is 2.18. The maximum absolute atomic E-state index is 12.3. The molecule has 3 aromatic rings. The van der Waals surface area contributed by atoms with Gasteiger partial charge in [-0.25, -0.2) is 4.79 Å². The number of methoxy groups -OCH3 is 1. The van der Waals surface area contributed by atoms with Crippen molar-refractivity contribution in [1.29, 1.82) is 0 Å². The summed E-state index contributed by atoms with van der Waals surface area (Å²) in [7, 11) is 1.27. The number of rotatable bonds is 6. The van der Waals surface area contributed by atoms with Gasteiger partial charge in [0.1, 0.15) is 6.61 Å². The van der Waals surface area contributed by atoms with Gasteiger partial charge in [-0.2, -0.15) is 0 Å². The number of nitrogens with zero attached hydrogens (tertiary/aromatic N) is 1. The van der Waals surface area contributed by atoms with Crippen LogP contribution in [0.5, 0.6) is 5.88 Å². The molecule has 1 heterocycles. The molecule has 0 unspecified atom stereocenters. The van der Waals surface area contributed by atoms with Gasteiger partial charge in [-0.15, -0.1) is 0 Å². The highest BCUT2D eigenvalue weighted by atomic mass is 16.5. The number of aromatic nitrogens is 1. The average Bonchev–Trinajstić information content (AvgIpc) is 3.16. The first-order valence-corrected chi connectivity index (χ1v) is 7.79. The normalized spacial score (nSPS) is 10.2. The van der Waals surface area contributed by atoms with Crippen molar-refractivity contribution in [1.82, 2.24) is 5.16 Å². The summed E-state index contributed by atoms with van der Waals surface area (Å²) in [5, 5.41) is 6.32. The number of para-hydroxylation sites is 1. The summed E-state index contributed by atoms with van der Waals surface area (Å²) < 4.78 is 15.2. The highest BCUT2D eigenvalue weighted by molar-refractivity contribution is 6.06. The average molecular weight is 352 g/mol. The molecule has 0 atom stereocenters. The van der Waals surface area contributed by atoms with Crippen LogP contribution in [0.4, 0.5) is 5.69 Å². The lowest BCUT2D eigenvalue weighted by atomic mass is 10.2. The fourth-order valence-corrected chi connectivity index (χ4v) is 2.23. The standard InChI is InChI=1S/C19H16N2O5/c1-24-19(23)14-9-5-6-10-15(14)20-18(22)16-11-17(21-26-16)25-12-13-7-3-2-4-8-13/h2-11H,12H2,1H3,(H,20,22). The summed E-state index contributed by atoms with van der Waals surface area (Å²) in [6, 6.07) is 17.4. The molecule has 1 aromatic heterocycles. The zero-order valence-electron chi connectivity index (χ0n) is 14.0. The van der Waals surface area contributed by atoms with Gasteiger partial charge in [-0.05, 0) is 22.9 Å². The number of amides is 1. The topological polar surface area (TPSA) is 90.7 Å². The molecule has 132 valence electrons. The van der Waals surface area contributed by atoms with E-state index in [9.17, 15) is 9.59 Å². The Bertz CT molecular complexity index is 905. The number of ether oxygens (including phenoxy) is 2. The third-order valence-electron chi connectivity index (χ3n) is 3.52. The Hall–Kier alpha value is -3.61. The highest BCUT2D eigenvalue weighted by Crippen LogP contribution is 2.19. The molecular formula is C19H16N2O5. The van der Waals surface area contributed by atoms with Crippen LogP contribution in [0.25, 0.3) is 0 Å². The molecule has 0 radical (unpaired) electrons. The summed E-state index contributed by atoms with van der Waals surface area (Å²) in [6.07, 6.45) is 0. The van der Waals surface area contributed by atoms with E-state index in [0.717, 1.165) is 5.56 Å². The van der Waals surface area contributed by atoms with Crippen LogP contribution in [0, 0.1) is 0 Å². The first-order valence-electron chi connectivity index (χ1n) is 7.79. The fourth-order valence-electron chi connectivity index (χ4n) is 2.23. The molecule has 1 amide bonds. The van der Waals surface area contributed by atoms with Crippen molar-refractivity contribution < 1.29 is 23.6 Å². The number of hydrogen-bond acceptors (Lipinski definition) is 6. The van der Waals surface area contributed by atoms with Crippen molar-refractivity contribution in [2.75, 3.05) is 12.4 Å². The molecule has 2 aromatic carbocycles. The summed E-state index contributed by atoms with van der Waals surface area (Å²) >= 11 is 0. The van der Waals surface area contributed by atoms with Crippen molar-refractivity contribution >= 4 is 17.6 Å². The van der Waals surface area contributed by atoms with E-state index in [1.54, 1.807) is 24.3 Å². The van der Waals surface area contributed by atoms with Gasteiger partial charge in [-0.3, -0.25) is 4.79 Å². The van der Waals surface area contributed by atoms with E-state index in [1.807, 2.05) is 30.3 Å². The van der Waals surface area contributed by atoms with E-state index in [-0.39, 0.29) is 17.2 Å². The molecule has 0 aliphatic heterocycles. The van der Waals surface area contributed by atoms with E-state index in [2.05, 4.69) is 10.5 Å². The lowest BCUT2D eigenvalue weighted by Crippen LogP contribution is -2.14. The fraction of sp³-hybridized carbons (Fsp3) is 0.105. The predicted octanol–water partition coefficient (Wildman–Crippen LogP) is 3.29. The lowest BCUT2D eigenvalue weighted by Gasteiger charge is -2.07. The molecule has 0 aliphatic rings. The second-order valence-electron chi connectivity index (χ2n) is 5.29. The van der Waals surface area contributed by atoms with Crippen molar-refractivity contribution in [2.24, 2.45) is 0 Å². The van der Waals surface area contributed by atoms with Crippen LogP contribution in [0.3, 0.4) is 0 Å². The third kappa shape index (κ3) is 4.07. The van der Waals surface area contributed by atoms with E-state index >= 15 is 0 Å². The molecule has 0 saturated heterocycles. The minimum atomic E-state index is -0.552. The van der Waals surface area contributed by atoms with Crippen molar-refractivity contribution in [3.05, 3.63) is 77.6 Å². The first kappa shape index (κ1) is 17.2. The van der Waals surface area contributed by atoms with Crippen LogP contribution in [0.15, 0.2) is 65.2 Å². The molecule has 7 nitrogen and oxygen atoms in total. The van der Waals surface area contributed by atoms with Gasteiger partial charge in [0.15, 0.2) is 0 Å². The third-order valence-corrected chi connectivity index (χ3v) is 3.52. The Kier molecular flexibility index (Phi) is 5.28. The van der Waals surface area contributed by atoms with Crippen LogP contribution in [-0.4, -0.2) is 24.1 Å². The molecule has 0 spiro atoms. The Balaban J connectivity index is 1.66. The van der Waals surface area contributed by atoms with Crippen molar-refractivity contribution in [3.8, 4) is 5.88 Å². The van der Waals surface area contributed by atoms with Gasteiger partial charge in [0, 0.05) is 0 Å². The zero-order valence-corrected chi connectivity index (χ0v) is 14.0. The summed E-state index contributed by atoms with van der Waals surface area (Å²) in [4.78, 5) is 24.1. The second-order valence-corrected chi connectivity index (χ2v) is 5.29. The van der Waals surface area contributed by atoms with Gasteiger partial charge in [0.05, 0.1) is 24.4 Å². The maximum atomic E-state index is 12.3. The summed E-state index contributed by atoms with van der Waals surface area (Å²) in [5.74, 6) is -0.943. The molecule has 1 N–H and O–H groups in total. The molecule has 0 aliphatic carbocycles. The molecule has 7 heteroatoms. The molecule has 0 bridgehead atoms. The maximum Gasteiger partial charge on any atom is 0.339 e. The SMILES string of the molecule is COC(=O)c1ccccc1NC(=O)c1cc(OCc2ccccc2)no1. The van der Waals surface area contributed by atoms with Crippen molar-refractivity contribution in [2.45, 2.75) is 6.61 Å². The molecular weight excluding hydrogens is 336 g/mol. The monoisotopic (exact) mass is 352 g/mol. The number of esters is 1. The van der Waals surface area contributed by atoms with Crippen LogP contribution < -0.4 is 10.1 Å². The minimum Gasteiger partial charge on any atom is -0.471 e. The molecule has 26 heavy (non-hydrogen) atoms. The van der Waals surface area contributed by atoms with Crippen LogP contribution >= 0.6 is 0 Å². The number of anilines is 1. The number of hydrogen-bond donors (Lipinski definition) is 1. The van der Waals surface area contributed by atoms with E-state index in [1.165, 1.54) is 13.2 Å². The van der Waals surface area contributed by atoms with Crippen LogP contribution in [0.1, 0.15) is 26.5 Å². The largest absolute Gasteiger partial charge is 0.471 e. The Morgan fingerprint density at radius 2 is 1.81 bits per heavy atom. The summed E-state index contributed by atoms with van der Waals surface area (Å²) in [5.41, 5.74) is 1.52. The molecule has 3 rings (SSSR count). The number of carbonyl (C=O) groups excluding carboxylic acids is 2.